The van der Waals surface area contributed by atoms with Gasteiger partial charge in [-0.05, 0) is 168 Å². The van der Waals surface area contributed by atoms with Crippen LogP contribution >= 0.6 is 0 Å². The number of carbonyl (C=O) groups excluding carboxylic acids is 2. The van der Waals surface area contributed by atoms with Crippen molar-refractivity contribution in [3.05, 3.63) is 11.6 Å². The Labute approximate surface area is 307 Å². The second kappa shape index (κ2) is 14.1. The lowest BCUT2D eigenvalue weighted by atomic mass is 9.35. The number of ether oxygens (including phenoxy) is 2. The number of fused-ring (bicyclic) bond motifs is 7. The fourth-order valence-corrected chi connectivity index (χ4v) is 14.3. The van der Waals surface area contributed by atoms with Gasteiger partial charge in [0.1, 0.15) is 0 Å². The van der Waals surface area contributed by atoms with Crippen LogP contribution in [-0.4, -0.2) is 29.7 Å². The lowest BCUT2D eigenvalue weighted by Crippen LogP contribution is -2.64. The van der Waals surface area contributed by atoms with Crippen molar-refractivity contribution in [1.29, 1.82) is 0 Å². The summed E-state index contributed by atoms with van der Waals surface area (Å²) in [4.78, 5) is 26.5. The van der Waals surface area contributed by atoms with Crippen LogP contribution in [0.4, 0.5) is 0 Å². The molecule has 0 aromatic carbocycles. The van der Waals surface area contributed by atoms with Crippen LogP contribution in [0, 0.1) is 62.6 Å². The molecule has 50 heavy (non-hydrogen) atoms. The van der Waals surface area contributed by atoms with Crippen LogP contribution in [0.1, 0.15) is 179 Å². The first-order valence-corrected chi connectivity index (χ1v) is 21.3. The van der Waals surface area contributed by atoms with Crippen molar-refractivity contribution in [2.24, 2.45) is 68.3 Å². The zero-order chi connectivity index (χ0) is 37.1. The zero-order valence-electron chi connectivity index (χ0n) is 34.5. The number of nitrogens with two attached hydrogens (primary N) is 1. The third kappa shape index (κ3) is 6.25. The molecule has 0 aromatic rings. The largest absolute Gasteiger partial charge is 0.462 e. The molecule has 1 spiro atoms. The van der Waals surface area contributed by atoms with E-state index in [-0.39, 0.29) is 40.5 Å². The molecule has 0 radical (unpaired) electrons. The monoisotopic (exact) mass is 696 g/mol. The molecule has 7 unspecified atom stereocenters. The number of hydrogen-bond donors (Lipinski definition) is 1. The van der Waals surface area contributed by atoms with E-state index in [1.165, 1.54) is 70.6 Å². The molecule has 5 nitrogen and oxygen atoms in total. The molecule has 2 N–H and O–H groups in total. The normalized spacial score (nSPS) is 40.1. The van der Waals surface area contributed by atoms with Crippen LogP contribution in [-0.2, 0) is 19.1 Å². The maximum Gasteiger partial charge on any atom is 0.323 e. The van der Waals surface area contributed by atoms with Crippen LogP contribution in [0.3, 0.4) is 0 Å². The molecule has 6 fully saturated rings. The van der Waals surface area contributed by atoms with Crippen molar-refractivity contribution in [1.82, 2.24) is 0 Å². The molecule has 0 bridgehead atoms. The van der Waals surface area contributed by atoms with Gasteiger partial charge in [0.05, 0.1) is 12.2 Å². The molecule has 0 aromatic heterocycles. The number of rotatable bonds is 5. The summed E-state index contributed by atoms with van der Waals surface area (Å²) in [6.45, 7) is 26.2. The summed E-state index contributed by atoms with van der Waals surface area (Å²) in [7, 11) is 0. The standard InChI is InChI=1S/C40H63NO4.C3H8.C2H6/c1-24(2)44-33(42)39(34(43)45-25(3)4)22-38(23-39)20-26(21-38)28-13-17-37(8)31(35(28,5)6)15-18-36(7)29-14-19-40(41)16-9-10-30(40)27(29)11-12-32(36)37;1-3-2;1-2/h13,24-27,29-32H,9-12,14-23,41H2,1-8H3;3H2,1-2H3;1-2H3/t27?,29?,30-,31?,32?,36?,37?,40?;;/m1../s1. The Kier molecular flexibility index (Phi) is 11.3. The average molecular weight is 696 g/mol. The van der Waals surface area contributed by atoms with Gasteiger partial charge in [-0.15, -0.1) is 0 Å². The fourth-order valence-electron chi connectivity index (χ4n) is 14.3. The Balaban J connectivity index is 0.000000924. The highest BCUT2D eigenvalue weighted by Gasteiger charge is 2.70. The molecule has 0 heterocycles. The van der Waals surface area contributed by atoms with Crippen molar-refractivity contribution in [2.45, 2.75) is 197 Å². The van der Waals surface area contributed by atoms with Gasteiger partial charge < -0.3 is 15.2 Å². The maximum atomic E-state index is 13.2. The number of carbonyl (C=O) groups is 2. The number of hydrogen-bond acceptors (Lipinski definition) is 5. The van der Waals surface area contributed by atoms with Crippen molar-refractivity contribution >= 4 is 11.9 Å². The van der Waals surface area contributed by atoms with E-state index < -0.39 is 5.41 Å². The predicted molar refractivity (Wildman–Crippen MR) is 205 cm³/mol. The molecular weight excluding hydrogens is 618 g/mol. The van der Waals surface area contributed by atoms with E-state index in [0.717, 1.165) is 36.5 Å². The van der Waals surface area contributed by atoms with Crippen LogP contribution < -0.4 is 5.73 Å². The Morgan fingerprint density at radius 1 is 0.780 bits per heavy atom. The smallest absolute Gasteiger partial charge is 0.323 e. The lowest BCUT2D eigenvalue weighted by Gasteiger charge is -2.69. The summed E-state index contributed by atoms with van der Waals surface area (Å²) < 4.78 is 11.2. The van der Waals surface area contributed by atoms with Gasteiger partial charge in [0, 0.05) is 5.54 Å². The van der Waals surface area contributed by atoms with Gasteiger partial charge in [-0.2, -0.15) is 0 Å². The van der Waals surface area contributed by atoms with E-state index in [4.69, 9.17) is 15.2 Å². The second-order valence-electron chi connectivity index (χ2n) is 20.0. The first-order chi connectivity index (χ1) is 23.4. The number of allylic oxidation sites excluding steroid dienone is 2. The summed E-state index contributed by atoms with van der Waals surface area (Å²) in [5, 5.41) is 0. The highest BCUT2D eigenvalue weighted by Crippen LogP contribution is 2.75. The van der Waals surface area contributed by atoms with Gasteiger partial charge in [0.25, 0.3) is 0 Å². The molecule has 8 atom stereocenters. The highest BCUT2D eigenvalue weighted by atomic mass is 16.6. The Morgan fingerprint density at radius 2 is 1.36 bits per heavy atom. The minimum Gasteiger partial charge on any atom is -0.462 e. The Morgan fingerprint density at radius 3 is 1.92 bits per heavy atom. The quantitative estimate of drug-likeness (QED) is 0.176. The van der Waals surface area contributed by atoms with Crippen molar-refractivity contribution in [3.63, 3.8) is 0 Å². The molecule has 5 heteroatoms. The molecule has 0 amide bonds. The van der Waals surface area contributed by atoms with Crippen LogP contribution in [0.5, 0.6) is 0 Å². The van der Waals surface area contributed by atoms with Gasteiger partial charge in [0.2, 0.25) is 0 Å². The van der Waals surface area contributed by atoms with E-state index in [9.17, 15) is 9.59 Å². The summed E-state index contributed by atoms with van der Waals surface area (Å²) >= 11 is 0. The van der Waals surface area contributed by atoms with Crippen LogP contribution in [0.15, 0.2) is 11.6 Å². The third-order valence-electron chi connectivity index (χ3n) is 15.8. The van der Waals surface area contributed by atoms with Crippen LogP contribution in [0.2, 0.25) is 0 Å². The van der Waals surface area contributed by atoms with Crippen LogP contribution in [0.25, 0.3) is 0 Å². The minimum absolute atomic E-state index is 0.0668. The van der Waals surface area contributed by atoms with E-state index in [2.05, 4.69) is 47.6 Å². The van der Waals surface area contributed by atoms with Gasteiger partial charge >= 0.3 is 11.9 Å². The summed E-state index contributed by atoms with van der Waals surface area (Å²) in [6, 6.07) is 0. The zero-order valence-corrected chi connectivity index (χ0v) is 34.5. The first-order valence-electron chi connectivity index (χ1n) is 21.3. The lowest BCUT2D eigenvalue weighted by molar-refractivity contribution is -0.208. The molecule has 7 aliphatic rings. The second-order valence-corrected chi connectivity index (χ2v) is 20.0. The minimum atomic E-state index is -1.12. The maximum absolute atomic E-state index is 13.2. The van der Waals surface area contributed by atoms with Gasteiger partial charge in [0.15, 0.2) is 5.41 Å². The third-order valence-corrected chi connectivity index (χ3v) is 15.8. The molecule has 7 rings (SSSR count). The molecule has 6 saturated carbocycles. The molecule has 7 aliphatic carbocycles. The van der Waals surface area contributed by atoms with E-state index in [1.54, 1.807) is 5.57 Å². The summed E-state index contributed by atoms with van der Waals surface area (Å²) in [5.74, 6) is 3.79. The first kappa shape index (κ1) is 39.8. The molecular formula is C45H77NO4. The fraction of sp³-hybridized carbons (Fsp3) is 0.911. The van der Waals surface area contributed by atoms with Crippen molar-refractivity contribution < 1.29 is 19.1 Å². The van der Waals surface area contributed by atoms with E-state index in [1.807, 2.05) is 41.5 Å². The summed E-state index contributed by atoms with van der Waals surface area (Å²) in [6.07, 6.45) is 20.1. The average Bonchev–Trinajstić information content (AvgIpc) is 3.39. The topological polar surface area (TPSA) is 78.6 Å². The SMILES string of the molecule is CC.CC(C)OC(=O)C1(C(=O)OC(C)C)CC2(CC(C3=CCC4(C)C(CCC5(C)C6CCC7(N)CCC[C@@H]7C6CCC54)C3(C)C)C2)C1.CCC. The molecule has 0 aliphatic heterocycles. The predicted octanol–water partition coefficient (Wildman–Crippen LogP) is 11.2. The van der Waals surface area contributed by atoms with Gasteiger partial charge in [-0.3, -0.25) is 9.59 Å². The van der Waals surface area contributed by atoms with E-state index in [0.29, 0.717) is 35.5 Å². The Hall–Kier alpha value is -1.36. The number of esters is 2. The van der Waals surface area contributed by atoms with Gasteiger partial charge in [-0.1, -0.05) is 79.9 Å². The highest BCUT2D eigenvalue weighted by molar-refractivity contribution is 6.01. The molecule has 0 saturated heterocycles. The van der Waals surface area contributed by atoms with E-state index >= 15 is 0 Å². The van der Waals surface area contributed by atoms with Crippen molar-refractivity contribution in [3.8, 4) is 0 Å². The van der Waals surface area contributed by atoms with Gasteiger partial charge in [-0.25, -0.2) is 0 Å². The molecule has 286 valence electrons. The summed E-state index contributed by atoms with van der Waals surface area (Å²) in [5.41, 5.74) is 8.81. The Bertz CT molecular complexity index is 1240. The van der Waals surface area contributed by atoms with Crippen molar-refractivity contribution in [2.75, 3.05) is 0 Å².